The number of alkyl halides is 2. The summed E-state index contributed by atoms with van der Waals surface area (Å²) in [5.74, 6) is -1.29. The number of Topliss-reactive ketones (excluding diaryl/α,β-unsaturated/α-hetero) is 1. The predicted octanol–water partition coefficient (Wildman–Crippen LogP) is 3.39. The van der Waals surface area contributed by atoms with E-state index in [4.69, 9.17) is 4.42 Å². The zero-order valence-corrected chi connectivity index (χ0v) is 10.1. The van der Waals surface area contributed by atoms with Crippen molar-refractivity contribution in [3.63, 3.8) is 0 Å². The second-order valence-electron chi connectivity index (χ2n) is 4.30. The minimum atomic E-state index is -3.08. The summed E-state index contributed by atoms with van der Waals surface area (Å²) in [6, 6.07) is 10.4. The largest absolute Gasteiger partial charge is 0.456 e. The molecular weight excluding hydrogens is 266 g/mol. The van der Waals surface area contributed by atoms with E-state index in [0.29, 0.717) is 11.0 Å². The molecular formula is C15H8F2O3. The minimum absolute atomic E-state index is 0.125. The molecule has 5 heteroatoms. The number of benzene rings is 2. The summed E-state index contributed by atoms with van der Waals surface area (Å²) in [7, 11) is 0. The first-order valence-corrected chi connectivity index (χ1v) is 5.86. The van der Waals surface area contributed by atoms with E-state index in [9.17, 15) is 18.4 Å². The average Bonchev–Trinajstić information content (AvgIpc) is 2.46. The molecule has 0 amide bonds. The van der Waals surface area contributed by atoms with Gasteiger partial charge in [-0.15, -0.1) is 0 Å². The van der Waals surface area contributed by atoms with E-state index in [1.54, 1.807) is 24.3 Å². The monoisotopic (exact) mass is 274 g/mol. The zero-order valence-electron chi connectivity index (χ0n) is 10.1. The predicted molar refractivity (Wildman–Crippen MR) is 70.3 cm³/mol. The van der Waals surface area contributed by atoms with Crippen LogP contribution in [0.5, 0.6) is 0 Å². The van der Waals surface area contributed by atoms with Crippen molar-refractivity contribution in [2.75, 3.05) is 0 Å². The molecule has 1 aromatic heterocycles. The Morgan fingerprint density at radius 3 is 2.45 bits per heavy atom. The molecule has 20 heavy (non-hydrogen) atoms. The Labute approximate surface area is 111 Å². The first-order chi connectivity index (χ1) is 9.58. The maximum atomic E-state index is 12.4. The van der Waals surface area contributed by atoms with Crippen molar-refractivity contribution in [1.29, 1.82) is 0 Å². The summed E-state index contributed by atoms with van der Waals surface area (Å²) in [5, 5.41) is 0.669. The number of fused-ring (bicyclic) bond motifs is 2. The van der Waals surface area contributed by atoms with Crippen LogP contribution in [-0.4, -0.2) is 12.2 Å². The lowest BCUT2D eigenvalue weighted by atomic mass is 10.1. The zero-order chi connectivity index (χ0) is 14.3. The van der Waals surface area contributed by atoms with Crippen LogP contribution in [0.3, 0.4) is 0 Å². The highest BCUT2D eigenvalue weighted by molar-refractivity contribution is 6.01. The Balaban J connectivity index is 2.33. The number of ketones is 1. The van der Waals surface area contributed by atoms with Crippen LogP contribution in [0, 0.1) is 0 Å². The first kappa shape index (κ1) is 12.5. The van der Waals surface area contributed by atoms with Crippen molar-refractivity contribution in [3.8, 4) is 0 Å². The maximum Gasteiger partial charge on any atom is 0.300 e. The van der Waals surface area contributed by atoms with Crippen LogP contribution >= 0.6 is 0 Å². The number of carbonyl (C=O) groups excluding carboxylic acids is 1. The summed E-state index contributed by atoms with van der Waals surface area (Å²) >= 11 is 0. The summed E-state index contributed by atoms with van der Waals surface area (Å²) in [6.45, 7) is 0. The van der Waals surface area contributed by atoms with Gasteiger partial charge in [0, 0.05) is 5.56 Å². The van der Waals surface area contributed by atoms with Crippen molar-refractivity contribution in [3.05, 3.63) is 58.3 Å². The second kappa shape index (κ2) is 4.52. The molecule has 0 aliphatic rings. The molecule has 0 spiro atoms. The van der Waals surface area contributed by atoms with E-state index in [1.807, 2.05) is 0 Å². The van der Waals surface area contributed by atoms with Gasteiger partial charge in [-0.05, 0) is 24.3 Å². The first-order valence-electron chi connectivity index (χ1n) is 5.86. The third-order valence-electron chi connectivity index (χ3n) is 3.06. The fourth-order valence-electron chi connectivity index (χ4n) is 2.08. The van der Waals surface area contributed by atoms with Crippen molar-refractivity contribution >= 4 is 27.7 Å². The second-order valence-corrected chi connectivity index (χ2v) is 4.30. The lowest BCUT2D eigenvalue weighted by molar-refractivity contribution is 0.0679. The van der Waals surface area contributed by atoms with Crippen LogP contribution in [0.25, 0.3) is 21.9 Å². The van der Waals surface area contributed by atoms with E-state index in [2.05, 4.69) is 0 Å². The molecule has 0 saturated carbocycles. The molecule has 1 heterocycles. The maximum absolute atomic E-state index is 12.4. The Hall–Kier alpha value is -2.56. The lowest BCUT2D eigenvalue weighted by Gasteiger charge is -2.03. The quantitative estimate of drug-likeness (QED) is 0.531. The van der Waals surface area contributed by atoms with E-state index >= 15 is 0 Å². The molecule has 0 fully saturated rings. The van der Waals surface area contributed by atoms with Gasteiger partial charge in [-0.25, -0.2) is 8.78 Å². The molecule has 100 valence electrons. The molecule has 0 bridgehead atoms. The van der Waals surface area contributed by atoms with Gasteiger partial charge in [-0.1, -0.05) is 18.2 Å². The summed E-state index contributed by atoms with van der Waals surface area (Å²) in [4.78, 5) is 23.5. The highest BCUT2D eigenvalue weighted by Crippen LogP contribution is 2.20. The van der Waals surface area contributed by atoms with Crippen molar-refractivity contribution in [2.45, 2.75) is 6.43 Å². The Morgan fingerprint density at radius 1 is 1.00 bits per heavy atom. The molecule has 0 unspecified atom stereocenters. The number of rotatable bonds is 2. The van der Waals surface area contributed by atoms with Gasteiger partial charge in [-0.2, -0.15) is 0 Å². The van der Waals surface area contributed by atoms with Gasteiger partial charge in [0.05, 0.1) is 10.8 Å². The van der Waals surface area contributed by atoms with Gasteiger partial charge in [0.25, 0.3) is 0 Å². The number of para-hydroxylation sites is 1. The van der Waals surface area contributed by atoms with Crippen LogP contribution in [0.1, 0.15) is 10.4 Å². The molecule has 2 aromatic carbocycles. The van der Waals surface area contributed by atoms with Crippen molar-refractivity contribution in [2.24, 2.45) is 0 Å². The normalized spacial score (nSPS) is 11.3. The molecule has 0 aliphatic carbocycles. The van der Waals surface area contributed by atoms with Gasteiger partial charge in [0.2, 0.25) is 11.2 Å². The summed E-state index contributed by atoms with van der Waals surface area (Å²) in [5.41, 5.74) is 0.0515. The van der Waals surface area contributed by atoms with Crippen LogP contribution in [0.4, 0.5) is 8.78 Å². The van der Waals surface area contributed by atoms with Crippen LogP contribution in [-0.2, 0) is 0 Å². The molecule has 0 aliphatic heterocycles. The lowest BCUT2D eigenvalue weighted by Crippen LogP contribution is -2.10. The molecule has 3 aromatic rings. The van der Waals surface area contributed by atoms with Crippen molar-refractivity contribution in [1.82, 2.24) is 0 Å². The van der Waals surface area contributed by atoms with Crippen molar-refractivity contribution < 1.29 is 18.0 Å². The average molecular weight is 274 g/mol. The fourth-order valence-corrected chi connectivity index (χ4v) is 2.08. The van der Waals surface area contributed by atoms with Crippen LogP contribution in [0.2, 0.25) is 0 Å². The number of carbonyl (C=O) groups is 1. The van der Waals surface area contributed by atoms with E-state index in [-0.39, 0.29) is 22.0 Å². The highest BCUT2D eigenvalue weighted by atomic mass is 19.3. The fraction of sp³-hybridized carbons (Fsp3) is 0.0667. The number of hydrogen-bond acceptors (Lipinski definition) is 3. The Kier molecular flexibility index (Phi) is 2.82. The van der Waals surface area contributed by atoms with Gasteiger partial charge in [0.15, 0.2) is 0 Å². The third kappa shape index (κ3) is 1.87. The van der Waals surface area contributed by atoms with Crippen LogP contribution < -0.4 is 5.43 Å². The minimum Gasteiger partial charge on any atom is -0.456 e. The van der Waals surface area contributed by atoms with E-state index in [0.717, 1.165) is 0 Å². The van der Waals surface area contributed by atoms with Gasteiger partial charge < -0.3 is 4.42 Å². The standard InChI is InChI=1S/C15H8F2O3/c16-15(17)13(18)8-5-6-10-12(7-8)20-11-4-2-1-3-9(11)14(10)19/h1-7,15H. The number of halogens is 2. The highest BCUT2D eigenvalue weighted by Gasteiger charge is 2.19. The van der Waals surface area contributed by atoms with E-state index in [1.165, 1.54) is 18.2 Å². The Bertz CT molecular complexity index is 881. The van der Waals surface area contributed by atoms with Crippen LogP contribution in [0.15, 0.2) is 51.7 Å². The summed E-state index contributed by atoms with van der Waals surface area (Å²) < 4.78 is 30.3. The topological polar surface area (TPSA) is 47.3 Å². The van der Waals surface area contributed by atoms with Gasteiger partial charge in [-0.3, -0.25) is 9.59 Å². The van der Waals surface area contributed by atoms with E-state index < -0.39 is 12.2 Å². The molecule has 0 N–H and O–H groups in total. The van der Waals surface area contributed by atoms with Gasteiger partial charge in [0.1, 0.15) is 11.2 Å². The number of hydrogen-bond donors (Lipinski definition) is 0. The molecule has 0 radical (unpaired) electrons. The molecule has 3 nitrogen and oxygen atoms in total. The molecule has 0 atom stereocenters. The summed E-state index contributed by atoms with van der Waals surface area (Å²) in [6.07, 6.45) is -3.08. The third-order valence-corrected chi connectivity index (χ3v) is 3.06. The molecule has 3 rings (SSSR count). The Morgan fingerprint density at radius 2 is 1.70 bits per heavy atom. The smallest absolute Gasteiger partial charge is 0.300 e. The SMILES string of the molecule is O=C(c1ccc2c(=O)c3ccccc3oc2c1)C(F)F. The van der Waals surface area contributed by atoms with Gasteiger partial charge >= 0.3 is 6.43 Å². The molecule has 0 saturated heterocycles.